The van der Waals surface area contributed by atoms with Crippen LogP contribution in [-0.4, -0.2) is 21.8 Å². The molecule has 2 aromatic carbocycles. The lowest BCUT2D eigenvalue weighted by Gasteiger charge is -1.95. The number of carboxylic acid groups (broad SMARTS) is 1. The first kappa shape index (κ1) is 14.3. The number of nitrogens with zero attached hydrogens (tertiary/aromatic N) is 1. The second-order valence-corrected chi connectivity index (χ2v) is 5.16. The molecular weight excluding hydrogens is 306 g/mol. The van der Waals surface area contributed by atoms with Crippen LogP contribution in [0.25, 0.3) is 11.1 Å². The topological polar surface area (TPSA) is 80.4 Å². The molecule has 1 N–H and O–H groups in total. The first-order valence-corrected chi connectivity index (χ1v) is 6.82. The first-order valence-electron chi connectivity index (χ1n) is 6.44. The van der Waals surface area contributed by atoms with Gasteiger partial charge in [-0.1, -0.05) is 17.7 Å². The van der Waals surface area contributed by atoms with Crippen molar-refractivity contribution in [2.45, 2.75) is 6.42 Å². The van der Waals surface area contributed by atoms with E-state index in [1.54, 1.807) is 42.5 Å². The van der Waals surface area contributed by atoms with Gasteiger partial charge in [0.1, 0.15) is 5.52 Å². The minimum Gasteiger partial charge on any atom is -0.481 e. The molecule has 0 aliphatic heterocycles. The van der Waals surface area contributed by atoms with Gasteiger partial charge in [0, 0.05) is 10.6 Å². The van der Waals surface area contributed by atoms with Crippen LogP contribution in [0.4, 0.5) is 0 Å². The van der Waals surface area contributed by atoms with Crippen molar-refractivity contribution in [1.29, 1.82) is 0 Å². The molecule has 0 amide bonds. The summed E-state index contributed by atoms with van der Waals surface area (Å²) in [7, 11) is 0. The highest BCUT2D eigenvalue weighted by Gasteiger charge is 2.17. The lowest BCUT2D eigenvalue weighted by Crippen LogP contribution is -2.01. The van der Waals surface area contributed by atoms with Crippen molar-refractivity contribution < 1.29 is 19.1 Å². The van der Waals surface area contributed by atoms with Crippen LogP contribution in [-0.2, 0) is 11.2 Å². The molecule has 0 saturated heterocycles. The number of ketones is 1. The van der Waals surface area contributed by atoms with Gasteiger partial charge < -0.3 is 9.52 Å². The maximum Gasteiger partial charge on any atom is 0.307 e. The number of rotatable bonds is 4. The van der Waals surface area contributed by atoms with Crippen molar-refractivity contribution >= 4 is 34.5 Å². The zero-order chi connectivity index (χ0) is 15.7. The van der Waals surface area contributed by atoms with E-state index in [2.05, 4.69) is 4.98 Å². The number of hydrogen-bond donors (Lipinski definition) is 1. The quantitative estimate of drug-likeness (QED) is 0.747. The molecule has 0 bridgehead atoms. The second kappa shape index (κ2) is 5.61. The molecule has 0 spiro atoms. The van der Waals surface area contributed by atoms with E-state index in [0.717, 1.165) is 0 Å². The van der Waals surface area contributed by atoms with Gasteiger partial charge in [0.2, 0.25) is 5.78 Å². The van der Waals surface area contributed by atoms with Crippen molar-refractivity contribution in [3.8, 4) is 0 Å². The summed E-state index contributed by atoms with van der Waals surface area (Å²) < 4.78 is 5.43. The van der Waals surface area contributed by atoms with Crippen molar-refractivity contribution in [2.75, 3.05) is 0 Å². The van der Waals surface area contributed by atoms with Crippen LogP contribution >= 0.6 is 11.6 Å². The van der Waals surface area contributed by atoms with Crippen molar-refractivity contribution in [2.24, 2.45) is 0 Å². The van der Waals surface area contributed by atoms with Gasteiger partial charge in [-0.2, -0.15) is 0 Å². The van der Waals surface area contributed by atoms with Gasteiger partial charge in [-0.3, -0.25) is 9.59 Å². The van der Waals surface area contributed by atoms with E-state index >= 15 is 0 Å². The summed E-state index contributed by atoms with van der Waals surface area (Å²) in [4.78, 5) is 27.2. The Balaban J connectivity index is 1.95. The molecule has 3 aromatic rings. The normalized spacial score (nSPS) is 10.8. The summed E-state index contributed by atoms with van der Waals surface area (Å²) in [6.45, 7) is 0. The highest BCUT2D eigenvalue weighted by molar-refractivity contribution is 6.30. The largest absolute Gasteiger partial charge is 0.481 e. The third kappa shape index (κ3) is 2.84. The average Bonchev–Trinajstić information content (AvgIpc) is 2.90. The Morgan fingerprint density at radius 1 is 1.14 bits per heavy atom. The number of carbonyl (C=O) groups excluding carboxylic acids is 1. The molecule has 3 rings (SSSR count). The highest BCUT2D eigenvalue weighted by Crippen LogP contribution is 2.20. The minimum atomic E-state index is -0.930. The molecular formula is C16H10ClNO4. The smallest absolute Gasteiger partial charge is 0.307 e. The number of aromatic nitrogens is 1. The molecule has 1 heterocycles. The van der Waals surface area contributed by atoms with E-state index in [-0.39, 0.29) is 18.1 Å². The van der Waals surface area contributed by atoms with Gasteiger partial charge in [0.05, 0.1) is 6.42 Å². The van der Waals surface area contributed by atoms with E-state index in [4.69, 9.17) is 21.1 Å². The molecule has 0 fully saturated rings. The highest BCUT2D eigenvalue weighted by atomic mass is 35.5. The molecule has 0 atom stereocenters. The van der Waals surface area contributed by atoms with E-state index in [1.807, 2.05) is 0 Å². The molecule has 0 saturated carbocycles. The van der Waals surface area contributed by atoms with E-state index in [0.29, 0.717) is 27.2 Å². The number of aliphatic carboxylic acids is 1. The third-order valence-electron chi connectivity index (χ3n) is 3.11. The molecule has 1 aromatic heterocycles. The van der Waals surface area contributed by atoms with E-state index in [9.17, 15) is 9.59 Å². The van der Waals surface area contributed by atoms with Gasteiger partial charge in [0.25, 0.3) is 5.89 Å². The van der Waals surface area contributed by atoms with Gasteiger partial charge >= 0.3 is 5.97 Å². The number of halogens is 1. The van der Waals surface area contributed by atoms with Gasteiger partial charge in [-0.15, -0.1) is 0 Å². The monoisotopic (exact) mass is 315 g/mol. The van der Waals surface area contributed by atoms with Crippen LogP contribution < -0.4 is 0 Å². The van der Waals surface area contributed by atoms with Crippen molar-refractivity contribution in [1.82, 2.24) is 4.98 Å². The summed E-state index contributed by atoms with van der Waals surface area (Å²) in [5.74, 6) is -1.32. The lowest BCUT2D eigenvalue weighted by atomic mass is 10.1. The number of hydrogen-bond acceptors (Lipinski definition) is 4. The van der Waals surface area contributed by atoms with Crippen LogP contribution in [0, 0.1) is 0 Å². The molecule has 110 valence electrons. The Bertz CT molecular complexity index is 867. The molecule has 5 nitrogen and oxygen atoms in total. The molecule has 0 aliphatic rings. The van der Waals surface area contributed by atoms with Gasteiger partial charge in [-0.25, -0.2) is 4.98 Å². The van der Waals surface area contributed by atoms with Crippen LogP contribution in [0.2, 0.25) is 5.02 Å². The molecule has 0 radical (unpaired) electrons. The summed E-state index contributed by atoms with van der Waals surface area (Å²) in [5, 5.41) is 9.33. The number of oxazole rings is 1. The maximum absolute atomic E-state index is 12.3. The van der Waals surface area contributed by atoms with Crippen LogP contribution in [0.15, 0.2) is 46.9 Å². The fraction of sp³-hybridized carbons (Fsp3) is 0.0625. The van der Waals surface area contributed by atoms with E-state index in [1.165, 1.54) is 0 Å². The fourth-order valence-corrected chi connectivity index (χ4v) is 2.21. The average molecular weight is 316 g/mol. The molecule has 0 unspecified atom stereocenters. The zero-order valence-corrected chi connectivity index (χ0v) is 12.0. The Morgan fingerprint density at radius 3 is 2.55 bits per heavy atom. The maximum atomic E-state index is 12.3. The summed E-state index contributed by atoms with van der Waals surface area (Å²) in [5.41, 5.74) is 1.91. The van der Waals surface area contributed by atoms with Crippen LogP contribution in [0.3, 0.4) is 0 Å². The number of carboxylic acids is 1. The number of carbonyl (C=O) groups is 2. The van der Waals surface area contributed by atoms with Crippen molar-refractivity contribution in [3.05, 3.63) is 64.5 Å². The van der Waals surface area contributed by atoms with Crippen LogP contribution in [0.5, 0.6) is 0 Å². The number of fused-ring (bicyclic) bond motifs is 1. The number of benzene rings is 2. The molecule has 6 heteroatoms. The SMILES string of the molecule is O=C(O)Cc1ccc2oc(C(=O)c3ccc(Cl)cc3)nc2c1. The lowest BCUT2D eigenvalue weighted by molar-refractivity contribution is -0.136. The summed E-state index contributed by atoms with van der Waals surface area (Å²) >= 11 is 5.79. The van der Waals surface area contributed by atoms with Crippen LogP contribution in [0.1, 0.15) is 21.8 Å². The Labute approximate surface area is 130 Å². The summed E-state index contributed by atoms with van der Waals surface area (Å²) in [6.07, 6.45) is -0.108. The predicted octanol–water partition coefficient (Wildman–Crippen LogP) is 3.34. The van der Waals surface area contributed by atoms with Gasteiger partial charge in [-0.05, 0) is 42.0 Å². The zero-order valence-electron chi connectivity index (χ0n) is 11.2. The fourth-order valence-electron chi connectivity index (χ4n) is 2.08. The standard InChI is InChI=1S/C16H10ClNO4/c17-11-4-2-10(3-5-11)15(21)16-18-12-7-9(8-14(19)20)1-6-13(12)22-16/h1-7H,8H2,(H,19,20). The Hall–Kier alpha value is -2.66. The first-order chi connectivity index (χ1) is 10.5. The molecule has 0 aliphatic carbocycles. The third-order valence-corrected chi connectivity index (χ3v) is 3.36. The predicted molar refractivity (Wildman–Crippen MR) is 80.2 cm³/mol. The Morgan fingerprint density at radius 2 is 1.86 bits per heavy atom. The molecule has 22 heavy (non-hydrogen) atoms. The Kier molecular flexibility index (Phi) is 3.65. The minimum absolute atomic E-state index is 0.0372. The van der Waals surface area contributed by atoms with E-state index < -0.39 is 5.97 Å². The summed E-state index contributed by atoms with van der Waals surface area (Å²) in [6, 6.07) is 11.3. The second-order valence-electron chi connectivity index (χ2n) is 4.73. The van der Waals surface area contributed by atoms with Crippen molar-refractivity contribution in [3.63, 3.8) is 0 Å². The van der Waals surface area contributed by atoms with Gasteiger partial charge in [0.15, 0.2) is 5.58 Å².